The van der Waals surface area contributed by atoms with Crippen LogP contribution in [0.5, 0.6) is 0 Å². The van der Waals surface area contributed by atoms with Crippen molar-refractivity contribution in [2.45, 2.75) is 26.2 Å². The minimum Gasteiger partial charge on any atom is -0.381 e. The number of carbonyl (C=O) groups is 1. The quantitative estimate of drug-likeness (QED) is 0.937. The topological polar surface area (TPSA) is 45.3 Å². The molecule has 1 N–H and O–H groups in total. The van der Waals surface area contributed by atoms with Crippen LogP contribution in [0, 0.1) is 18.7 Å². The lowest BCUT2D eigenvalue weighted by Gasteiger charge is -2.24. The number of hydrogen-bond acceptors (Lipinski definition) is 2. The van der Waals surface area contributed by atoms with Gasteiger partial charge in [-0.25, -0.2) is 4.39 Å². The van der Waals surface area contributed by atoms with Crippen molar-refractivity contribution in [2.75, 3.05) is 26.8 Å². The maximum Gasteiger partial charge on any atom is 0.270 e. The minimum absolute atomic E-state index is 0.0360. The first kappa shape index (κ1) is 16.0. The number of benzene rings is 1. The number of fused-ring (bicyclic) bond motifs is 1. The van der Waals surface area contributed by atoms with Crippen LogP contribution < -0.4 is 0 Å². The summed E-state index contributed by atoms with van der Waals surface area (Å²) in [5, 5.41) is 0.770. The number of amides is 1. The smallest absolute Gasteiger partial charge is 0.270 e. The Kier molecular flexibility index (Phi) is 4.66. The largest absolute Gasteiger partial charge is 0.381 e. The minimum atomic E-state index is -0.286. The molecule has 0 spiro atoms. The molecule has 0 radical (unpaired) electrons. The third kappa shape index (κ3) is 3.39. The number of nitrogens with zero attached hydrogens (tertiary/aromatic N) is 1. The Labute approximate surface area is 135 Å². The lowest BCUT2D eigenvalue weighted by molar-refractivity contribution is 0.0582. The molecule has 0 saturated carbocycles. The van der Waals surface area contributed by atoms with Crippen LogP contribution in [-0.4, -0.2) is 42.6 Å². The Bertz CT molecular complexity index is 704. The van der Waals surface area contributed by atoms with Gasteiger partial charge in [0, 0.05) is 37.7 Å². The van der Waals surface area contributed by atoms with E-state index in [-0.39, 0.29) is 11.7 Å². The number of aromatic nitrogens is 1. The van der Waals surface area contributed by atoms with E-state index in [4.69, 9.17) is 4.74 Å². The second-order valence-electron chi connectivity index (χ2n) is 6.39. The number of carbonyl (C=O) groups excluding carboxylic acids is 1. The molecule has 2 heterocycles. The van der Waals surface area contributed by atoms with Gasteiger partial charge in [-0.2, -0.15) is 0 Å². The van der Waals surface area contributed by atoms with Gasteiger partial charge in [-0.05, 0) is 55.9 Å². The summed E-state index contributed by atoms with van der Waals surface area (Å²) in [5.41, 5.74) is 2.16. The average molecular weight is 318 g/mol. The van der Waals surface area contributed by atoms with E-state index in [9.17, 15) is 9.18 Å². The number of aromatic amines is 1. The van der Waals surface area contributed by atoms with Crippen molar-refractivity contribution >= 4 is 16.8 Å². The standard InChI is InChI=1S/C18H23FN2O2/c1-12-15-11-14(19)3-4-16(15)20-17(12)18(22)21(2)8-5-13-6-9-23-10-7-13/h3-4,11,13,20H,5-10H2,1-2H3. The third-order valence-electron chi connectivity index (χ3n) is 4.79. The fraction of sp³-hybridized carbons (Fsp3) is 0.500. The highest BCUT2D eigenvalue weighted by Gasteiger charge is 2.20. The molecule has 1 aromatic heterocycles. The van der Waals surface area contributed by atoms with Gasteiger partial charge >= 0.3 is 0 Å². The fourth-order valence-corrected chi connectivity index (χ4v) is 3.22. The van der Waals surface area contributed by atoms with Crippen molar-refractivity contribution in [3.63, 3.8) is 0 Å². The molecule has 124 valence electrons. The Morgan fingerprint density at radius 3 is 2.87 bits per heavy atom. The van der Waals surface area contributed by atoms with Gasteiger partial charge in [0.25, 0.3) is 5.91 Å². The number of rotatable bonds is 4. The second kappa shape index (κ2) is 6.71. The van der Waals surface area contributed by atoms with E-state index < -0.39 is 0 Å². The first-order valence-electron chi connectivity index (χ1n) is 8.17. The maximum atomic E-state index is 13.4. The van der Waals surface area contributed by atoms with Gasteiger partial charge in [0.2, 0.25) is 0 Å². The number of nitrogens with one attached hydrogen (secondary N) is 1. The lowest BCUT2D eigenvalue weighted by atomic mass is 9.96. The summed E-state index contributed by atoms with van der Waals surface area (Å²) in [4.78, 5) is 17.6. The van der Waals surface area contributed by atoms with Gasteiger partial charge in [0.15, 0.2) is 0 Å². The van der Waals surface area contributed by atoms with Crippen LogP contribution in [0.25, 0.3) is 10.9 Å². The molecular weight excluding hydrogens is 295 g/mol. The van der Waals surface area contributed by atoms with Gasteiger partial charge < -0.3 is 14.6 Å². The highest BCUT2D eigenvalue weighted by atomic mass is 19.1. The summed E-state index contributed by atoms with van der Waals surface area (Å²) in [5.74, 6) is 0.314. The molecular formula is C18H23FN2O2. The van der Waals surface area contributed by atoms with Crippen LogP contribution in [0.1, 0.15) is 35.3 Å². The molecule has 1 aliphatic heterocycles. The zero-order valence-corrected chi connectivity index (χ0v) is 13.7. The van der Waals surface area contributed by atoms with Crippen molar-refractivity contribution < 1.29 is 13.9 Å². The highest BCUT2D eigenvalue weighted by molar-refractivity contribution is 6.00. The van der Waals surface area contributed by atoms with Gasteiger partial charge in [0.1, 0.15) is 11.5 Å². The number of halogens is 1. The van der Waals surface area contributed by atoms with Gasteiger partial charge in [-0.15, -0.1) is 0 Å². The van der Waals surface area contributed by atoms with E-state index in [0.717, 1.165) is 55.5 Å². The van der Waals surface area contributed by atoms with Crippen LogP contribution >= 0.6 is 0 Å². The summed E-state index contributed by atoms with van der Waals surface area (Å²) in [6.07, 6.45) is 3.15. The summed E-state index contributed by atoms with van der Waals surface area (Å²) in [6, 6.07) is 4.55. The molecule has 0 bridgehead atoms. The van der Waals surface area contributed by atoms with E-state index in [2.05, 4.69) is 4.98 Å². The number of aryl methyl sites for hydroxylation is 1. The van der Waals surface area contributed by atoms with Crippen molar-refractivity contribution in [1.82, 2.24) is 9.88 Å². The molecule has 1 amide bonds. The molecule has 1 aliphatic rings. The maximum absolute atomic E-state index is 13.4. The van der Waals surface area contributed by atoms with Gasteiger partial charge in [-0.3, -0.25) is 4.79 Å². The lowest BCUT2D eigenvalue weighted by Crippen LogP contribution is -2.30. The first-order valence-corrected chi connectivity index (χ1v) is 8.17. The fourth-order valence-electron chi connectivity index (χ4n) is 3.22. The molecule has 4 nitrogen and oxygen atoms in total. The predicted molar refractivity (Wildman–Crippen MR) is 88.1 cm³/mol. The van der Waals surface area contributed by atoms with Crippen molar-refractivity contribution in [1.29, 1.82) is 0 Å². The van der Waals surface area contributed by atoms with Crippen LogP contribution in [0.4, 0.5) is 4.39 Å². The Hall–Kier alpha value is -1.88. The van der Waals surface area contributed by atoms with Crippen molar-refractivity contribution in [3.8, 4) is 0 Å². The molecule has 0 unspecified atom stereocenters. The molecule has 3 rings (SSSR count). The normalized spacial score (nSPS) is 16.0. The van der Waals surface area contributed by atoms with E-state index in [0.29, 0.717) is 11.6 Å². The van der Waals surface area contributed by atoms with Gasteiger partial charge in [-0.1, -0.05) is 0 Å². The Morgan fingerprint density at radius 1 is 1.39 bits per heavy atom. The highest BCUT2D eigenvalue weighted by Crippen LogP contribution is 2.24. The van der Waals surface area contributed by atoms with E-state index in [1.165, 1.54) is 12.1 Å². The molecule has 23 heavy (non-hydrogen) atoms. The van der Waals surface area contributed by atoms with E-state index in [1.807, 2.05) is 14.0 Å². The molecule has 5 heteroatoms. The monoisotopic (exact) mass is 318 g/mol. The Morgan fingerprint density at radius 2 is 2.13 bits per heavy atom. The number of H-pyrrole nitrogens is 1. The molecule has 2 aromatic rings. The molecule has 1 fully saturated rings. The molecule has 0 atom stereocenters. The molecule has 1 saturated heterocycles. The molecule has 1 aromatic carbocycles. The SMILES string of the molecule is Cc1c(C(=O)N(C)CCC2CCOCC2)[nH]c2ccc(F)cc12. The van der Waals surface area contributed by atoms with Gasteiger partial charge in [0.05, 0.1) is 0 Å². The van der Waals surface area contributed by atoms with Crippen LogP contribution in [0.15, 0.2) is 18.2 Å². The number of hydrogen-bond donors (Lipinski definition) is 1. The van der Waals surface area contributed by atoms with Crippen molar-refractivity contribution in [2.24, 2.45) is 5.92 Å². The van der Waals surface area contributed by atoms with Crippen LogP contribution in [0.3, 0.4) is 0 Å². The predicted octanol–water partition coefficient (Wildman–Crippen LogP) is 3.50. The second-order valence-corrected chi connectivity index (χ2v) is 6.39. The third-order valence-corrected chi connectivity index (χ3v) is 4.79. The summed E-state index contributed by atoms with van der Waals surface area (Å²) >= 11 is 0. The molecule has 0 aliphatic carbocycles. The average Bonchev–Trinajstić information content (AvgIpc) is 2.89. The summed E-state index contributed by atoms with van der Waals surface area (Å²) in [6.45, 7) is 4.24. The van der Waals surface area contributed by atoms with E-state index >= 15 is 0 Å². The van der Waals surface area contributed by atoms with Crippen molar-refractivity contribution in [3.05, 3.63) is 35.3 Å². The Balaban J connectivity index is 1.70. The summed E-state index contributed by atoms with van der Waals surface area (Å²) < 4.78 is 18.8. The zero-order valence-electron chi connectivity index (χ0n) is 13.7. The van der Waals surface area contributed by atoms with E-state index in [1.54, 1.807) is 11.0 Å². The zero-order chi connectivity index (χ0) is 16.4. The number of ether oxygens (including phenoxy) is 1. The first-order chi connectivity index (χ1) is 11.1. The van der Waals surface area contributed by atoms with Crippen LogP contribution in [-0.2, 0) is 4.74 Å². The summed E-state index contributed by atoms with van der Waals surface area (Å²) in [7, 11) is 1.83. The van der Waals surface area contributed by atoms with Crippen LogP contribution in [0.2, 0.25) is 0 Å².